The molecule has 2 fully saturated rings. The van der Waals surface area contributed by atoms with E-state index in [1.165, 1.54) is 18.9 Å². The smallest absolute Gasteiger partial charge is 0.129 e. The van der Waals surface area contributed by atoms with Crippen molar-refractivity contribution in [1.29, 1.82) is 0 Å². The molecule has 1 aliphatic heterocycles. The first-order valence-electron chi connectivity index (χ1n) is 7.91. The molecule has 2 aliphatic rings. The maximum absolute atomic E-state index is 14.0. The summed E-state index contributed by atoms with van der Waals surface area (Å²) in [6, 6.07) is 3.92. The molecule has 1 aliphatic carbocycles. The number of hydrogen-bond donors (Lipinski definition) is 1. The Labute approximate surface area is 124 Å². The first-order chi connectivity index (χ1) is 10.1. The summed E-state index contributed by atoms with van der Waals surface area (Å²) in [5.41, 5.74) is 0.543. The zero-order valence-corrected chi connectivity index (χ0v) is 12.5. The Morgan fingerprint density at radius 3 is 2.81 bits per heavy atom. The minimum absolute atomic E-state index is 0.0597. The van der Waals surface area contributed by atoms with Crippen LogP contribution in [0.5, 0.6) is 0 Å². The van der Waals surface area contributed by atoms with Gasteiger partial charge in [-0.15, -0.1) is 0 Å². The number of halogens is 2. The predicted molar refractivity (Wildman–Crippen MR) is 78.1 cm³/mol. The van der Waals surface area contributed by atoms with Gasteiger partial charge in [0.05, 0.1) is 6.10 Å². The van der Waals surface area contributed by atoms with E-state index in [9.17, 15) is 8.78 Å². The molecule has 2 nitrogen and oxygen atoms in total. The minimum Gasteiger partial charge on any atom is -0.377 e. The molecule has 0 radical (unpaired) electrons. The van der Waals surface area contributed by atoms with E-state index in [4.69, 9.17) is 4.74 Å². The van der Waals surface area contributed by atoms with Crippen LogP contribution < -0.4 is 5.32 Å². The second-order valence-corrected chi connectivity index (χ2v) is 6.43. The zero-order valence-electron chi connectivity index (χ0n) is 12.5. The van der Waals surface area contributed by atoms with Gasteiger partial charge in [-0.05, 0) is 49.8 Å². The second kappa shape index (κ2) is 6.01. The Morgan fingerprint density at radius 2 is 2.14 bits per heavy atom. The van der Waals surface area contributed by atoms with Crippen molar-refractivity contribution >= 4 is 0 Å². The molecule has 1 N–H and O–H groups in total. The maximum atomic E-state index is 14.0. The van der Waals surface area contributed by atoms with Gasteiger partial charge in [0.25, 0.3) is 0 Å². The van der Waals surface area contributed by atoms with E-state index in [0.29, 0.717) is 17.9 Å². The fourth-order valence-corrected chi connectivity index (χ4v) is 3.60. The summed E-state index contributed by atoms with van der Waals surface area (Å²) in [4.78, 5) is 0. The molecule has 2 atom stereocenters. The molecule has 4 heteroatoms. The third-order valence-corrected chi connectivity index (χ3v) is 4.84. The highest BCUT2D eigenvalue weighted by Crippen LogP contribution is 2.49. The van der Waals surface area contributed by atoms with Crippen LogP contribution in [0.3, 0.4) is 0 Å². The molecule has 1 saturated heterocycles. The quantitative estimate of drug-likeness (QED) is 0.869. The maximum Gasteiger partial charge on any atom is 0.129 e. The molecule has 1 saturated carbocycles. The highest BCUT2D eigenvalue weighted by atomic mass is 19.1. The van der Waals surface area contributed by atoms with Gasteiger partial charge in [-0.3, -0.25) is 0 Å². The van der Waals surface area contributed by atoms with Crippen molar-refractivity contribution in [1.82, 2.24) is 5.32 Å². The molecule has 0 amide bonds. The molecule has 2 unspecified atom stereocenters. The highest BCUT2D eigenvalue weighted by molar-refractivity contribution is 5.22. The third kappa shape index (κ3) is 3.11. The van der Waals surface area contributed by atoms with E-state index in [1.807, 2.05) is 0 Å². The summed E-state index contributed by atoms with van der Waals surface area (Å²) >= 11 is 0. The lowest BCUT2D eigenvalue weighted by Crippen LogP contribution is -2.43. The summed E-state index contributed by atoms with van der Waals surface area (Å²) in [7, 11) is 0. The average molecular weight is 295 g/mol. The molecule has 0 spiro atoms. The van der Waals surface area contributed by atoms with Crippen molar-refractivity contribution in [2.24, 2.45) is 11.3 Å². The molecule has 3 rings (SSSR count). The summed E-state index contributed by atoms with van der Waals surface area (Å²) in [6.45, 7) is 4.55. The van der Waals surface area contributed by atoms with Gasteiger partial charge in [-0.2, -0.15) is 0 Å². The van der Waals surface area contributed by atoms with Crippen molar-refractivity contribution in [3.63, 3.8) is 0 Å². The van der Waals surface area contributed by atoms with Gasteiger partial charge in [-0.25, -0.2) is 8.78 Å². The minimum atomic E-state index is -0.515. The highest BCUT2D eigenvalue weighted by Gasteiger charge is 2.50. The molecule has 0 aromatic heterocycles. The Morgan fingerprint density at radius 1 is 1.33 bits per heavy atom. The first-order valence-corrected chi connectivity index (χ1v) is 7.91. The Bertz CT molecular complexity index is 504. The van der Waals surface area contributed by atoms with Crippen LogP contribution in [0.2, 0.25) is 0 Å². The molecule has 116 valence electrons. The molecule has 1 aromatic carbocycles. The van der Waals surface area contributed by atoms with Crippen LogP contribution in [0.25, 0.3) is 0 Å². The number of rotatable bonds is 6. The number of ether oxygens (including phenoxy) is 1. The number of hydrogen-bond acceptors (Lipinski definition) is 2. The number of nitrogens with one attached hydrogen (secondary N) is 1. The summed E-state index contributed by atoms with van der Waals surface area (Å²) in [5, 5.41) is 3.42. The van der Waals surface area contributed by atoms with Crippen LogP contribution in [0, 0.1) is 23.0 Å². The van der Waals surface area contributed by atoms with Crippen molar-refractivity contribution in [3.05, 3.63) is 35.4 Å². The van der Waals surface area contributed by atoms with E-state index in [-0.39, 0.29) is 11.5 Å². The van der Waals surface area contributed by atoms with Crippen molar-refractivity contribution in [2.45, 2.75) is 38.7 Å². The van der Waals surface area contributed by atoms with Gasteiger partial charge in [0.15, 0.2) is 0 Å². The van der Waals surface area contributed by atoms with Crippen molar-refractivity contribution < 1.29 is 13.5 Å². The SMILES string of the molecule is CCNCC1(Cc2ccc(F)cc2F)CCOC1C1CC1. The summed E-state index contributed by atoms with van der Waals surface area (Å²) in [5.74, 6) is -0.333. The van der Waals surface area contributed by atoms with E-state index in [1.54, 1.807) is 6.07 Å². The predicted octanol–water partition coefficient (Wildman–Crippen LogP) is 3.30. The van der Waals surface area contributed by atoms with Crippen molar-refractivity contribution in [2.75, 3.05) is 19.7 Å². The van der Waals surface area contributed by atoms with Crippen LogP contribution in [-0.2, 0) is 11.2 Å². The monoisotopic (exact) mass is 295 g/mol. The van der Waals surface area contributed by atoms with Gasteiger partial charge < -0.3 is 10.1 Å². The Kier molecular flexibility index (Phi) is 4.27. The molecule has 1 aromatic rings. The first kappa shape index (κ1) is 14.9. The summed E-state index contributed by atoms with van der Waals surface area (Å²) in [6.07, 6.45) is 4.20. The zero-order chi connectivity index (χ0) is 14.9. The average Bonchev–Trinajstić information content (AvgIpc) is 3.22. The van der Waals surface area contributed by atoms with E-state index in [2.05, 4.69) is 12.2 Å². The lowest BCUT2D eigenvalue weighted by Gasteiger charge is -2.35. The molecule has 1 heterocycles. The van der Waals surface area contributed by atoms with Crippen LogP contribution in [-0.4, -0.2) is 25.8 Å². The van der Waals surface area contributed by atoms with Gasteiger partial charge in [0.1, 0.15) is 11.6 Å². The second-order valence-electron chi connectivity index (χ2n) is 6.43. The standard InChI is InChI=1S/C17H23F2NO/c1-2-20-11-17(7-8-21-16(17)12-3-4-12)10-13-5-6-14(18)9-15(13)19/h5-6,9,12,16,20H,2-4,7-8,10-11H2,1H3. The van der Waals surface area contributed by atoms with E-state index in [0.717, 1.165) is 32.2 Å². The van der Waals surface area contributed by atoms with Crippen LogP contribution in [0.4, 0.5) is 8.78 Å². The van der Waals surface area contributed by atoms with Gasteiger partial charge in [-0.1, -0.05) is 13.0 Å². The lowest BCUT2D eigenvalue weighted by molar-refractivity contribution is 0.0305. The largest absolute Gasteiger partial charge is 0.377 e. The number of benzene rings is 1. The van der Waals surface area contributed by atoms with Crippen LogP contribution in [0.15, 0.2) is 18.2 Å². The normalized spacial score (nSPS) is 29.0. The van der Waals surface area contributed by atoms with Gasteiger partial charge in [0.2, 0.25) is 0 Å². The molecule has 0 bridgehead atoms. The summed E-state index contributed by atoms with van der Waals surface area (Å²) < 4.78 is 33.1. The molecular formula is C17H23F2NO. The van der Waals surface area contributed by atoms with Gasteiger partial charge in [0, 0.05) is 24.6 Å². The Hall–Kier alpha value is -1.00. The van der Waals surface area contributed by atoms with Crippen molar-refractivity contribution in [3.8, 4) is 0 Å². The van der Waals surface area contributed by atoms with Crippen LogP contribution in [0.1, 0.15) is 31.7 Å². The third-order valence-electron chi connectivity index (χ3n) is 4.84. The fraction of sp³-hybridized carbons (Fsp3) is 0.647. The topological polar surface area (TPSA) is 21.3 Å². The Balaban J connectivity index is 1.84. The lowest BCUT2D eigenvalue weighted by atomic mass is 9.74. The van der Waals surface area contributed by atoms with Crippen LogP contribution >= 0.6 is 0 Å². The fourth-order valence-electron chi connectivity index (χ4n) is 3.60. The molecular weight excluding hydrogens is 272 g/mol. The van der Waals surface area contributed by atoms with E-state index >= 15 is 0 Å². The van der Waals surface area contributed by atoms with E-state index < -0.39 is 11.6 Å². The van der Waals surface area contributed by atoms with Gasteiger partial charge >= 0.3 is 0 Å². The molecule has 21 heavy (non-hydrogen) atoms.